The number of hydrogen-bond donors (Lipinski definition) is 1. The number of fused-ring (bicyclic) bond motifs is 1. The van der Waals surface area contributed by atoms with Gasteiger partial charge in [0.05, 0.1) is 5.69 Å². The Morgan fingerprint density at radius 2 is 1.82 bits per heavy atom. The molecular formula is C24H24N4O3S2. The monoisotopic (exact) mass is 480 g/mol. The Morgan fingerprint density at radius 3 is 2.52 bits per heavy atom. The van der Waals surface area contributed by atoms with Gasteiger partial charge in [-0.1, -0.05) is 48.5 Å². The third-order valence-electron chi connectivity index (χ3n) is 5.41. The summed E-state index contributed by atoms with van der Waals surface area (Å²) in [5.41, 5.74) is 3.41. The molecule has 1 amide bonds. The number of benzene rings is 2. The molecule has 0 radical (unpaired) electrons. The molecule has 2 aromatic carbocycles. The first-order chi connectivity index (χ1) is 15.8. The van der Waals surface area contributed by atoms with Gasteiger partial charge in [-0.25, -0.2) is 14.3 Å². The first kappa shape index (κ1) is 23.0. The van der Waals surface area contributed by atoms with Crippen LogP contribution in [0.1, 0.15) is 23.6 Å². The van der Waals surface area contributed by atoms with E-state index in [0.29, 0.717) is 20.4 Å². The average Bonchev–Trinajstić information content (AvgIpc) is 3.20. The molecule has 7 nitrogen and oxygen atoms in total. The molecule has 0 aliphatic heterocycles. The summed E-state index contributed by atoms with van der Waals surface area (Å²) in [7, 11) is 0. The average molecular weight is 481 g/mol. The molecule has 0 saturated carbocycles. The first-order valence-corrected chi connectivity index (χ1v) is 12.3. The van der Waals surface area contributed by atoms with Gasteiger partial charge in [-0.3, -0.25) is 14.2 Å². The number of aromatic nitrogens is 3. The minimum Gasteiger partial charge on any atom is -0.324 e. The van der Waals surface area contributed by atoms with Gasteiger partial charge in [-0.2, -0.15) is 0 Å². The molecule has 0 unspecified atom stereocenters. The number of hydrogen-bond acceptors (Lipinski definition) is 6. The Kier molecular flexibility index (Phi) is 6.53. The van der Waals surface area contributed by atoms with E-state index in [4.69, 9.17) is 0 Å². The van der Waals surface area contributed by atoms with Crippen LogP contribution in [0.4, 0.5) is 5.69 Å². The molecule has 0 aliphatic carbocycles. The summed E-state index contributed by atoms with van der Waals surface area (Å²) < 4.78 is 3.44. The number of thioether (sulfide) groups is 1. The molecule has 0 saturated heterocycles. The molecule has 2 aromatic heterocycles. The van der Waals surface area contributed by atoms with E-state index in [1.807, 2.05) is 58.0 Å². The maximum absolute atomic E-state index is 13.5. The quantitative estimate of drug-likeness (QED) is 0.416. The Labute approximate surface area is 199 Å². The van der Waals surface area contributed by atoms with E-state index in [2.05, 4.69) is 10.3 Å². The molecule has 1 N–H and O–H groups in total. The van der Waals surface area contributed by atoms with E-state index in [0.717, 1.165) is 27.0 Å². The number of nitrogens with one attached hydrogen (secondary N) is 1. The minimum absolute atomic E-state index is 0.241. The summed E-state index contributed by atoms with van der Waals surface area (Å²) in [4.78, 5) is 44.2. The van der Waals surface area contributed by atoms with Crippen molar-refractivity contribution in [2.24, 2.45) is 0 Å². The number of carbonyl (C=O) groups is 1. The molecule has 4 rings (SSSR count). The third kappa shape index (κ3) is 4.51. The summed E-state index contributed by atoms with van der Waals surface area (Å²) in [6.07, 6.45) is 0. The highest BCUT2D eigenvalue weighted by Crippen LogP contribution is 2.27. The Morgan fingerprint density at radius 1 is 1.09 bits per heavy atom. The largest absolute Gasteiger partial charge is 0.337 e. The summed E-state index contributed by atoms with van der Waals surface area (Å²) in [6.45, 7) is 7.57. The van der Waals surface area contributed by atoms with Gasteiger partial charge >= 0.3 is 5.69 Å². The van der Waals surface area contributed by atoms with Crippen LogP contribution in [0.3, 0.4) is 0 Å². The fourth-order valence-electron chi connectivity index (χ4n) is 3.48. The van der Waals surface area contributed by atoms with Crippen molar-refractivity contribution in [2.75, 3.05) is 11.1 Å². The topological polar surface area (TPSA) is 86.0 Å². The smallest absolute Gasteiger partial charge is 0.324 e. The van der Waals surface area contributed by atoms with Crippen molar-refractivity contribution in [1.82, 2.24) is 14.1 Å². The van der Waals surface area contributed by atoms with Gasteiger partial charge in [0.1, 0.15) is 11.2 Å². The number of rotatable bonds is 6. The van der Waals surface area contributed by atoms with Crippen molar-refractivity contribution >= 4 is 45.0 Å². The highest BCUT2D eigenvalue weighted by molar-refractivity contribution is 8.01. The van der Waals surface area contributed by atoms with Gasteiger partial charge < -0.3 is 5.32 Å². The molecule has 0 fully saturated rings. The van der Waals surface area contributed by atoms with Crippen molar-refractivity contribution in [2.45, 2.75) is 38.6 Å². The highest BCUT2D eigenvalue weighted by atomic mass is 32.2. The predicted molar refractivity (Wildman–Crippen MR) is 135 cm³/mol. The minimum atomic E-state index is -0.592. The zero-order chi connectivity index (χ0) is 23.7. The molecule has 4 aromatic rings. The van der Waals surface area contributed by atoms with Crippen LogP contribution in [0.5, 0.6) is 0 Å². The Hall–Kier alpha value is -3.17. The van der Waals surface area contributed by atoms with Crippen LogP contribution in [-0.4, -0.2) is 25.8 Å². The number of amides is 1. The predicted octanol–water partition coefficient (Wildman–Crippen LogP) is 4.28. The normalized spacial score (nSPS) is 11.2. The molecule has 9 heteroatoms. The lowest BCUT2D eigenvalue weighted by molar-refractivity contribution is -0.116. The van der Waals surface area contributed by atoms with Crippen LogP contribution >= 0.6 is 23.1 Å². The first-order valence-electron chi connectivity index (χ1n) is 10.5. The Balaban J connectivity index is 1.84. The van der Waals surface area contributed by atoms with Crippen molar-refractivity contribution < 1.29 is 4.79 Å². The molecular weight excluding hydrogens is 456 g/mol. The van der Waals surface area contributed by atoms with E-state index in [-0.39, 0.29) is 18.1 Å². The zero-order valence-corrected chi connectivity index (χ0v) is 20.5. The highest BCUT2D eigenvalue weighted by Gasteiger charge is 2.21. The third-order valence-corrected chi connectivity index (χ3v) is 7.46. The fourth-order valence-corrected chi connectivity index (χ4v) is 5.45. The van der Waals surface area contributed by atoms with Crippen LogP contribution in [0.25, 0.3) is 16.0 Å². The van der Waals surface area contributed by atoms with Gasteiger partial charge in [-0.05, 0) is 55.9 Å². The lowest BCUT2D eigenvalue weighted by Gasteiger charge is -2.13. The van der Waals surface area contributed by atoms with Crippen LogP contribution in [0.2, 0.25) is 0 Å². The maximum Gasteiger partial charge on any atom is 0.337 e. The fraction of sp³-hybridized carbons (Fsp3) is 0.250. The molecule has 170 valence electrons. The number of aryl methyl sites for hydroxylation is 2. The van der Waals surface area contributed by atoms with Gasteiger partial charge in [0.15, 0.2) is 9.99 Å². The summed E-state index contributed by atoms with van der Waals surface area (Å²) >= 11 is 2.74. The van der Waals surface area contributed by atoms with Gasteiger partial charge in [-0.15, -0.1) is 11.3 Å². The Bertz CT molecular complexity index is 1470. The number of carbonyl (C=O) groups excluding carboxylic acids is 1. The van der Waals surface area contributed by atoms with Crippen LogP contribution in [0, 0.1) is 20.8 Å². The number of thiazole rings is 1. The second kappa shape index (κ2) is 9.36. The van der Waals surface area contributed by atoms with E-state index < -0.39 is 11.2 Å². The molecule has 0 atom stereocenters. The zero-order valence-electron chi connectivity index (χ0n) is 18.8. The van der Waals surface area contributed by atoms with Crippen molar-refractivity contribution in [3.8, 4) is 5.69 Å². The van der Waals surface area contributed by atoms with Crippen LogP contribution in [0.15, 0.2) is 56.4 Å². The number of nitrogens with zero attached hydrogens (tertiary/aromatic N) is 3. The van der Waals surface area contributed by atoms with Gasteiger partial charge in [0.25, 0.3) is 5.56 Å². The molecule has 0 spiro atoms. The van der Waals surface area contributed by atoms with Gasteiger partial charge in [0.2, 0.25) is 5.91 Å². The lowest BCUT2D eigenvalue weighted by atomic mass is 10.1. The second-order valence-electron chi connectivity index (χ2n) is 7.71. The van der Waals surface area contributed by atoms with E-state index in [9.17, 15) is 14.4 Å². The standard InChI is InChI=1S/C24H24N4O3S2/c1-5-32-23-26-21-20(33-23)22(30)28(17-11-9-14(2)10-12-17)24(31)27(21)13-19(29)25-18-8-6-7-15(3)16(18)4/h6-12H,5,13H2,1-4H3,(H,25,29). The van der Waals surface area contributed by atoms with Crippen molar-refractivity contribution in [1.29, 1.82) is 0 Å². The molecule has 33 heavy (non-hydrogen) atoms. The molecule has 0 aliphatic rings. The van der Waals surface area contributed by atoms with Crippen LogP contribution < -0.4 is 16.6 Å². The SMILES string of the molecule is CCSc1nc2c(s1)c(=O)n(-c1ccc(C)cc1)c(=O)n2CC(=O)Nc1cccc(C)c1C. The van der Waals surface area contributed by atoms with Crippen molar-refractivity contribution in [3.63, 3.8) is 0 Å². The summed E-state index contributed by atoms with van der Waals surface area (Å²) in [5.74, 6) is 0.419. The lowest BCUT2D eigenvalue weighted by Crippen LogP contribution is -2.40. The van der Waals surface area contributed by atoms with Crippen molar-refractivity contribution in [3.05, 3.63) is 80.0 Å². The van der Waals surface area contributed by atoms with E-state index in [1.54, 1.807) is 12.1 Å². The summed E-state index contributed by atoms with van der Waals surface area (Å²) in [5, 5.41) is 2.89. The maximum atomic E-state index is 13.5. The summed E-state index contributed by atoms with van der Waals surface area (Å²) in [6, 6.07) is 12.8. The van der Waals surface area contributed by atoms with E-state index in [1.165, 1.54) is 27.7 Å². The van der Waals surface area contributed by atoms with E-state index >= 15 is 0 Å². The number of anilines is 1. The molecule has 2 heterocycles. The van der Waals surface area contributed by atoms with Crippen LogP contribution in [-0.2, 0) is 11.3 Å². The second-order valence-corrected chi connectivity index (χ2v) is 10.2. The molecule has 0 bridgehead atoms. The van der Waals surface area contributed by atoms with Gasteiger partial charge in [0, 0.05) is 5.69 Å².